The molecule has 0 radical (unpaired) electrons. The highest BCUT2D eigenvalue weighted by Gasteiger charge is 2.02. The fourth-order valence-electron chi connectivity index (χ4n) is 1.72. The largest absolute Gasteiger partial charge is 0.361 e. The Morgan fingerprint density at radius 1 is 1.25 bits per heavy atom. The van der Waals surface area contributed by atoms with Gasteiger partial charge in [0, 0.05) is 23.6 Å². The van der Waals surface area contributed by atoms with Gasteiger partial charge in [-0.3, -0.25) is 0 Å². The molecule has 0 atom stereocenters. The van der Waals surface area contributed by atoms with Gasteiger partial charge in [-0.25, -0.2) is 0 Å². The molecular formula is C10H10N6. The van der Waals surface area contributed by atoms with E-state index < -0.39 is 0 Å². The van der Waals surface area contributed by atoms with Gasteiger partial charge in [-0.15, -0.1) is 5.10 Å². The lowest BCUT2D eigenvalue weighted by molar-refractivity contribution is 0.881. The number of nitrogens with zero attached hydrogens (tertiary/aromatic N) is 3. The number of aromatic nitrogens is 5. The number of fused-ring (bicyclic) bond motifs is 1. The molecule has 0 saturated carbocycles. The zero-order chi connectivity index (χ0) is 10.8. The molecule has 3 aromatic rings. The Balaban J connectivity index is 1.86. The van der Waals surface area contributed by atoms with Gasteiger partial charge in [0.25, 0.3) is 5.95 Å². The molecule has 0 spiro atoms. The highest BCUT2D eigenvalue weighted by Crippen LogP contribution is 2.17. The summed E-state index contributed by atoms with van der Waals surface area (Å²) in [7, 11) is 0. The number of H-pyrrole nitrogens is 2. The summed E-state index contributed by atoms with van der Waals surface area (Å²) in [5.74, 6) is 0.507. The highest BCUT2D eigenvalue weighted by atomic mass is 15.5. The fraction of sp³-hybridized carbons (Fsp3) is 0.100. The molecular weight excluding hydrogens is 204 g/mol. The average molecular weight is 214 g/mol. The molecule has 0 aliphatic heterocycles. The van der Waals surface area contributed by atoms with Gasteiger partial charge in [-0.2, -0.15) is 5.21 Å². The summed E-state index contributed by atoms with van der Waals surface area (Å²) in [5.41, 5.74) is 2.33. The summed E-state index contributed by atoms with van der Waals surface area (Å²) >= 11 is 0. The van der Waals surface area contributed by atoms with E-state index in [2.05, 4.69) is 43.1 Å². The summed E-state index contributed by atoms with van der Waals surface area (Å²) in [6.07, 6.45) is 1.93. The Morgan fingerprint density at radius 3 is 3.12 bits per heavy atom. The first-order valence-electron chi connectivity index (χ1n) is 4.96. The van der Waals surface area contributed by atoms with Crippen molar-refractivity contribution < 1.29 is 0 Å². The SMILES string of the molecule is c1cc(CNc2nn[nH]n2)c2cc[nH]c2c1. The van der Waals surface area contributed by atoms with Gasteiger partial charge in [0.05, 0.1) is 0 Å². The van der Waals surface area contributed by atoms with Crippen molar-refractivity contribution in [3.8, 4) is 0 Å². The maximum atomic E-state index is 3.83. The van der Waals surface area contributed by atoms with E-state index in [1.54, 1.807) is 0 Å². The summed E-state index contributed by atoms with van der Waals surface area (Å²) in [6, 6.07) is 8.20. The first-order valence-corrected chi connectivity index (χ1v) is 4.96. The van der Waals surface area contributed by atoms with Crippen LogP contribution in [0.15, 0.2) is 30.5 Å². The van der Waals surface area contributed by atoms with E-state index in [1.807, 2.05) is 18.3 Å². The van der Waals surface area contributed by atoms with E-state index in [1.165, 1.54) is 10.9 Å². The van der Waals surface area contributed by atoms with Crippen molar-refractivity contribution in [2.45, 2.75) is 6.54 Å². The van der Waals surface area contributed by atoms with Gasteiger partial charge < -0.3 is 10.3 Å². The minimum atomic E-state index is 0.507. The average Bonchev–Trinajstić information content (AvgIpc) is 2.97. The number of aromatic amines is 2. The molecule has 0 aliphatic rings. The van der Waals surface area contributed by atoms with E-state index in [0.29, 0.717) is 12.5 Å². The van der Waals surface area contributed by atoms with Crippen molar-refractivity contribution in [3.05, 3.63) is 36.0 Å². The zero-order valence-corrected chi connectivity index (χ0v) is 8.44. The van der Waals surface area contributed by atoms with Crippen molar-refractivity contribution in [3.63, 3.8) is 0 Å². The first-order chi connectivity index (χ1) is 7.93. The molecule has 2 aromatic heterocycles. The Kier molecular flexibility index (Phi) is 2.03. The second-order valence-corrected chi connectivity index (χ2v) is 3.45. The number of nitrogens with one attached hydrogen (secondary N) is 3. The smallest absolute Gasteiger partial charge is 0.263 e. The second-order valence-electron chi connectivity index (χ2n) is 3.45. The standard InChI is InChI=1S/C10H10N6/c1-2-7(6-12-10-13-15-16-14-10)8-4-5-11-9(8)3-1/h1-5,11H,6H2,(H2,12,13,14,15,16). The molecule has 3 N–H and O–H groups in total. The quantitative estimate of drug-likeness (QED) is 0.613. The molecule has 6 nitrogen and oxygen atoms in total. The van der Waals surface area contributed by atoms with E-state index in [4.69, 9.17) is 0 Å². The van der Waals surface area contributed by atoms with Crippen LogP contribution in [-0.2, 0) is 6.54 Å². The molecule has 1 aromatic carbocycles. The molecule has 0 saturated heterocycles. The third kappa shape index (κ3) is 1.50. The maximum absolute atomic E-state index is 3.83. The van der Waals surface area contributed by atoms with Crippen LogP contribution in [0, 0.1) is 0 Å². The summed E-state index contributed by atoms with van der Waals surface area (Å²) in [6.45, 7) is 0.675. The number of anilines is 1. The van der Waals surface area contributed by atoms with Crippen LogP contribution in [0.1, 0.15) is 5.56 Å². The molecule has 2 heterocycles. The molecule has 0 aliphatic carbocycles. The third-order valence-corrected chi connectivity index (χ3v) is 2.47. The minimum Gasteiger partial charge on any atom is -0.361 e. The number of rotatable bonds is 3. The lowest BCUT2D eigenvalue weighted by Gasteiger charge is -2.03. The lowest BCUT2D eigenvalue weighted by atomic mass is 10.1. The second kappa shape index (κ2) is 3.65. The Bertz CT molecular complexity index is 582. The van der Waals surface area contributed by atoms with Crippen molar-refractivity contribution in [1.82, 2.24) is 25.6 Å². The van der Waals surface area contributed by atoms with Crippen LogP contribution in [0.25, 0.3) is 10.9 Å². The van der Waals surface area contributed by atoms with Crippen molar-refractivity contribution in [2.75, 3.05) is 5.32 Å². The Hall–Kier alpha value is -2.37. The maximum Gasteiger partial charge on any atom is 0.263 e. The monoisotopic (exact) mass is 214 g/mol. The lowest BCUT2D eigenvalue weighted by Crippen LogP contribution is -2.01. The molecule has 80 valence electrons. The molecule has 3 rings (SSSR count). The molecule has 0 amide bonds. The van der Waals surface area contributed by atoms with Gasteiger partial charge in [0.2, 0.25) is 0 Å². The van der Waals surface area contributed by atoms with E-state index in [9.17, 15) is 0 Å². The fourth-order valence-corrected chi connectivity index (χ4v) is 1.72. The van der Waals surface area contributed by atoms with Gasteiger partial charge in [0.15, 0.2) is 0 Å². The number of benzene rings is 1. The van der Waals surface area contributed by atoms with Gasteiger partial charge in [-0.05, 0) is 22.9 Å². The van der Waals surface area contributed by atoms with E-state index in [0.717, 1.165) is 5.52 Å². The van der Waals surface area contributed by atoms with Crippen molar-refractivity contribution >= 4 is 16.9 Å². The van der Waals surface area contributed by atoms with E-state index in [-0.39, 0.29) is 0 Å². The molecule has 16 heavy (non-hydrogen) atoms. The van der Waals surface area contributed by atoms with Crippen molar-refractivity contribution in [1.29, 1.82) is 0 Å². The number of hydrogen-bond acceptors (Lipinski definition) is 4. The van der Waals surface area contributed by atoms with Crippen LogP contribution in [0.4, 0.5) is 5.95 Å². The topological polar surface area (TPSA) is 82.3 Å². The highest BCUT2D eigenvalue weighted by molar-refractivity contribution is 5.83. The van der Waals surface area contributed by atoms with Crippen LogP contribution in [-0.4, -0.2) is 25.6 Å². The number of tetrazole rings is 1. The van der Waals surface area contributed by atoms with Crippen LogP contribution >= 0.6 is 0 Å². The summed E-state index contributed by atoms with van der Waals surface area (Å²) in [4.78, 5) is 3.18. The summed E-state index contributed by atoms with van der Waals surface area (Å²) in [5, 5.41) is 17.8. The predicted molar refractivity (Wildman–Crippen MR) is 59.8 cm³/mol. The third-order valence-electron chi connectivity index (χ3n) is 2.47. The first kappa shape index (κ1) is 8.90. The predicted octanol–water partition coefficient (Wildman–Crippen LogP) is 1.29. The minimum absolute atomic E-state index is 0.507. The molecule has 6 heteroatoms. The van der Waals surface area contributed by atoms with Gasteiger partial charge >= 0.3 is 0 Å². The van der Waals surface area contributed by atoms with Crippen LogP contribution in [0.2, 0.25) is 0 Å². The normalized spacial score (nSPS) is 10.8. The van der Waals surface area contributed by atoms with Gasteiger partial charge in [-0.1, -0.05) is 17.2 Å². The van der Waals surface area contributed by atoms with Crippen molar-refractivity contribution in [2.24, 2.45) is 0 Å². The van der Waals surface area contributed by atoms with E-state index >= 15 is 0 Å². The molecule has 0 fully saturated rings. The van der Waals surface area contributed by atoms with Gasteiger partial charge in [0.1, 0.15) is 0 Å². The molecule has 0 bridgehead atoms. The Morgan fingerprint density at radius 2 is 2.25 bits per heavy atom. The van der Waals surface area contributed by atoms with Crippen LogP contribution in [0.3, 0.4) is 0 Å². The zero-order valence-electron chi connectivity index (χ0n) is 8.44. The van der Waals surface area contributed by atoms with Crippen LogP contribution < -0.4 is 5.32 Å². The summed E-state index contributed by atoms with van der Waals surface area (Å²) < 4.78 is 0. The molecule has 0 unspecified atom stereocenters. The van der Waals surface area contributed by atoms with Crippen LogP contribution in [0.5, 0.6) is 0 Å². The Labute approximate surface area is 91.1 Å². The number of hydrogen-bond donors (Lipinski definition) is 3.